The van der Waals surface area contributed by atoms with Crippen LogP contribution in [0.15, 0.2) is 11.0 Å². The normalized spacial score (nSPS) is 20.2. The molecule has 0 saturated carbocycles. The number of anilines is 1. The van der Waals surface area contributed by atoms with Crippen LogP contribution in [0.3, 0.4) is 0 Å². The third kappa shape index (κ3) is 1.68. The number of nitrogens with two attached hydrogens (primary N) is 1. The molecule has 0 spiro atoms. The van der Waals surface area contributed by atoms with E-state index in [1.165, 1.54) is 0 Å². The summed E-state index contributed by atoms with van der Waals surface area (Å²) in [5, 5.41) is 9.15. The molecular formula is C11H15N5O2. The zero-order valence-electron chi connectivity index (χ0n) is 9.81. The summed E-state index contributed by atoms with van der Waals surface area (Å²) in [6, 6.07) is 0.217. The van der Waals surface area contributed by atoms with Gasteiger partial charge in [0.15, 0.2) is 0 Å². The highest BCUT2D eigenvalue weighted by Crippen LogP contribution is 2.22. The summed E-state index contributed by atoms with van der Waals surface area (Å²) in [5.41, 5.74) is 7.28. The fourth-order valence-electron chi connectivity index (χ4n) is 2.33. The predicted molar refractivity (Wildman–Crippen MR) is 67.0 cm³/mol. The molecule has 0 aliphatic carbocycles. The quantitative estimate of drug-likeness (QED) is 0.580. The van der Waals surface area contributed by atoms with E-state index in [9.17, 15) is 4.79 Å². The first-order chi connectivity index (χ1) is 8.69. The molecule has 96 valence electrons. The Hall–Kier alpha value is -1.86. The molecule has 1 aliphatic rings. The first-order valence-electron chi connectivity index (χ1n) is 5.89. The van der Waals surface area contributed by atoms with Crippen molar-refractivity contribution in [1.29, 1.82) is 0 Å². The van der Waals surface area contributed by atoms with Crippen LogP contribution in [0.2, 0.25) is 0 Å². The van der Waals surface area contributed by atoms with E-state index in [4.69, 9.17) is 10.8 Å². The van der Waals surface area contributed by atoms with Crippen LogP contribution in [-0.2, 0) is 6.54 Å². The number of hydrogen-bond donors (Lipinski definition) is 4. The largest absolute Gasteiger partial charge is 0.395 e. The van der Waals surface area contributed by atoms with Crippen LogP contribution in [0.25, 0.3) is 11.0 Å². The summed E-state index contributed by atoms with van der Waals surface area (Å²) >= 11 is 0. The lowest BCUT2D eigenvalue weighted by Crippen LogP contribution is -2.48. The average molecular weight is 249 g/mol. The van der Waals surface area contributed by atoms with Crippen LogP contribution < -0.4 is 11.3 Å². The van der Waals surface area contributed by atoms with Crippen LogP contribution in [-0.4, -0.2) is 44.2 Å². The SMILES string of the molecule is Nc1nc2c(CN3CC[C@@H]3CO)c[nH]c2c(=O)[nH]1. The molecule has 5 N–H and O–H groups in total. The number of fused-ring (bicyclic) bond motifs is 1. The van der Waals surface area contributed by atoms with Crippen molar-refractivity contribution in [3.05, 3.63) is 22.1 Å². The van der Waals surface area contributed by atoms with E-state index in [2.05, 4.69) is 19.9 Å². The molecule has 1 saturated heterocycles. The number of H-pyrrole nitrogens is 2. The first-order valence-corrected chi connectivity index (χ1v) is 5.89. The number of nitrogens with one attached hydrogen (secondary N) is 2. The van der Waals surface area contributed by atoms with Crippen molar-refractivity contribution in [1.82, 2.24) is 19.9 Å². The summed E-state index contributed by atoms with van der Waals surface area (Å²) in [7, 11) is 0. The van der Waals surface area contributed by atoms with E-state index in [0.29, 0.717) is 17.6 Å². The lowest BCUT2D eigenvalue weighted by Gasteiger charge is -2.39. The molecule has 0 unspecified atom stereocenters. The van der Waals surface area contributed by atoms with Crippen LogP contribution in [0, 0.1) is 0 Å². The van der Waals surface area contributed by atoms with Gasteiger partial charge in [-0.25, -0.2) is 4.98 Å². The van der Waals surface area contributed by atoms with Gasteiger partial charge in [0.05, 0.1) is 6.61 Å². The van der Waals surface area contributed by atoms with Gasteiger partial charge in [0, 0.05) is 30.9 Å². The minimum absolute atomic E-state index is 0.121. The van der Waals surface area contributed by atoms with Crippen molar-refractivity contribution in [2.45, 2.75) is 19.0 Å². The van der Waals surface area contributed by atoms with Crippen molar-refractivity contribution in [3.8, 4) is 0 Å². The lowest BCUT2D eigenvalue weighted by molar-refractivity contribution is 0.0359. The van der Waals surface area contributed by atoms with Crippen LogP contribution >= 0.6 is 0 Å². The maximum absolute atomic E-state index is 11.6. The maximum atomic E-state index is 11.6. The molecule has 0 aromatic carbocycles. The zero-order chi connectivity index (χ0) is 12.7. The van der Waals surface area contributed by atoms with Crippen LogP contribution in [0.4, 0.5) is 5.95 Å². The molecule has 0 amide bonds. The third-order valence-corrected chi connectivity index (χ3v) is 3.48. The second-order valence-corrected chi connectivity index (χ2v) is 4.58. The Labute approximate surface area is 103 Å². The first kappa shape index (κ1) is 11.2. The molecule has 3 rings (SSSR count). The Morgan fingerprint density at radius 3 is 3.11 bits per heavy atom. The Morgan fingerprint density at radius 2 is 2.44 bits per heavy atom. The highest BCUT2D eigenvalue weighted by molar-refractivity contribution is 5.78. The van der Waals surface area contributed by atoms with Gasteiger partial charge in [-0.3, -0.25) is 14.7 Å². The summed E-state index contributed by atoms with van der Waals surface area (Å²) in [6.45, 7) is 1.79. The van der Waals surface area contributed by atoms with E-state index >= 15 is 0 Å². The molecule has 1 atom stereocenters. The molecule has 0 bridgehead atoms. The highest BCUT2D eigenvalue weighted by atomic mass is 16.3. The Bertz CT molecular complexity index is 630. The fraction of sp³-hybridized carbons (Fsp3) is 0.455. The Kier molecular flexibility index (Phi) is 2.57. The lowest BCUT2D eigenvalue weighted by atomic mass is 10.0. The number of aliphatic hydroxyl groups excluding tert-OH is 1. The van der Waals surface area contributed by atoms with E-state index in [0.717, 1.165) is 18.5 Å². The number of aromatic nitrogens is 3. The van der Waals surface area contributed by atoms with E-state index in [1.54, 1.807) is 6.20 Å². The van der Waals surface area contributed by atoms with Gasteiger partial charge in [0.1, 0.15) is 11.0 Å². The van der Waals surface area contributed by atoms with Gasteiger partial charge in [-0.05, 0) is 6.42 Å². The number of aliphatic hydroxyl groups is 1. The monoisotopic (exact) mass is 249 g/mol. The summed E-state index contributed by atoms with van der Waals surface area (Å²) < 4.78 is 0. The van der Waals surface area contributed by atoms with Gasteiger partial charge in [0.25, 0.3) is 5.56 Å². The highest BCUT2D eigenvalue weighted by Gasteiger charge is 2.27. The van der Waals surface area contributed by atoms with Crippen molar-refractivity contribution in [3.63, 3.8) is 0 Å². The second kappa shape index (κ2) is 4.11. The number of nitrogens with zero attached hydrogens (tertiary/aromatic N) is 2. The van der Waals surface area contributed by atoms with Gasteiger partial charge in [-0.2, -0.15) is 0 Å². The molecule has 1 aliphatic heterocycles. The van der Waals surface area contributed by atoms with Crippen LogP contribution in [0.5, 0.6) is 0 Å². The number of nitrogen functional groups attached to an aromatic ring is 1. The van der Waals surface area contributed by atoms with Crippen molar-refractivity contribution in [2.24, 2.45) is 0 Å². The van der Waals surface area contributed by atoms with Gasteiger partial charge in [-0.15, -0.1) is 0 Å². The molecule has 2 aromatic rings. The zero-order valence-corrected chi connectivity index (χ0v) is 9.81. The van der Waals surface area contributed by atoms with E-state index in [-0.39, 0.29) is 24.2 Å². The average Bonchev–Trinajstić information content (AvgIpc) is 2.68. The van der Waals surface area contributed by atoms with Crippen molar-refractivity contribution >= 4 is 17.0 Å². The summed E-state index contributed by atoms with van der Waals surface area (Å²) in [6.07, 6.45) is 2.79. The summed E-state index contributed by atoms with van der Waals surface area (Å²) in [4.78, 5) is 23.3. The van der Waals surface area contributed by atoms with E-state index in [1.807, 2.05) is 0 Å². The molecule has 1 fully saturated rings. The topological polar surface area (TPSA) is 111 Å². The molecule has 2 aromatic heterocycles. The predicted octanol–water partition coefficient (Wildman–Crippen LogP) is -0.600. The van der Waals surface area contributed by atoms with Crippen molar-refractivity contribution < 1.29 is 5.11 Å². The molecular weight excluding hydrogens is 234 g/mol. The van der Waals surface area contributed by atoms with Crippen LogP contribution in [0.1, 0.15) is 12.0 Å². The number of likely N-dealkylation sites (tertiary alicyclic amines) is 1. The van der Waals surface area contributed by atoms with Gasteiger partial charge < -0.3 is 15.8 Å². The standard InChI is InChI=1S/C11H15N5O2/c12-11-14-8-6(3-13-9(8)10(18)15-11)4-16-2-1-7(16)5-17/h3,7,13,17H,1-2,4-5H2,(H3,12,14,15,18)/t7-/m1/s1. The Balaban J connectivity index is 1.95. The van der Waals surface area contributed by atoms with Gasteiger partial charge in [0.2, 0.25) is 5.95 Å². The Morgan fingerprint density at radius 1 is 1.61 bits per heavy atom. The van der Waals surface area contributed by atoms with E-state index < -0.39 is 0 Å². The minimum atomic E-state index is -0.258. The molecule has 3 heterocycles. The molecule has 18 heavy (non-hydrogen) atoms. The minimum Gasteiger partial charge on any atom is -0.395 e. The summed E-state index contributed by atoms with van der Waals surface area (Å²) in [5.74, 6) is 0.121. The molecule has 7 nitrogen and oxygen atoms in total. The number of rotatable bonds is 3. The van der Waals surface area contributed by atoms with Gasteiger partial charge >= 0.3 is 0 Å². The maximum Gasteiger partial charge on any atom is 0.276 e. The molecule has 0 radical (unpaired) electrons. The second-order valence-electron chi connectivity index (χ2n) is 4.58. The molecule has 7 heteroatoms. The third-order valence-electron chi connectivity index (χ3n) is 3.48. The number of aromatic amines is 2. The smallest absolute Gasteiger partial charge is 0.276 e. The number of hydrogen-bond acceptors (Lipinski definition) is 5. The fourth-order valence-corrected chi connectivity index (χ4v) is 2.33. The van der Waals surface area contributed by atoms with Crippen molar-refractivity contribution in [2.75, 3.05) is 18.9 Å². The van der Waals surface area contributed by atoms with Gasteiger partial charge in [-0.1, -0.05) is 0 Å².